The monoisotopic (exact) mass is 430 g/mol. The van der Waals surface area contributed by atoms with Crippen molar-refractivity contribution in [1.82, 2.24) is 9.97 Å². The molecule has 1 unspecified atom stereocenters. The zero-order valence-corrected chi connectivity index (χ0v) is 16.2. The Labute approximate surface area is 171 Å². The maximum atomic E-state index is 12.9. The summed E-state index contributed by atoms with van der Waals surface area (Å²) in [5, 5.41) is 24.5. The van der Waals surface area contributed by atoms with E-state index in [2.05, 4.69) is 15.3 Å². The maximum Gasteiger partial charge on any atom is 0.269 e. The number of ether oxygens (including phenoxy) is 1. The molecule has 3 aromatic rings. The van der Waals surface area contributed by atoms with E-state index in [1.54, 1.807) is 7.05 Å². The minimum atomic E-state index is -1.04. The number of benzene rings is 1. The van der Waals surface area contributed by atoms with Crippen LogP contribution in [0.15, 0.2) is 34.4 Å². The number of nitrogens with two attached hydrogens (primary N) is 1. The minimum absolute atomic E-state index is 0.0666. The smallest absolute Gasteiger partial charge is 0.269 e. The minimum Gasteiger partial charge on any atom is -0.438 e. The standard InChI is InChI=1S/C17H11ClN6O4S/c1-21-17-23-15-13(29-17)12-11(16(25)22-15)10(8(5-19)14(20)28-12)7-4-6(24(26)27)2-3-9(7)18/h2-4,10H,20H2,1H3,(H2,21,22,23,25). The summed E-state index contributed by atoms with van der Waals surface area (Å²) in [6.45, 7) is 0. The van der Waals surface area contributed by atoms with Gasteiger partial charge in [-0.05, 0) is 11.6 Å². The summed E-state index contributed by atoms with van der Waals surface area (Å²) in [4.78, 5) is 30.5. The van der Waals surface area contributed by atoms with Gasteiger partial charge in [0.2, 0.25) is 5.88 Å². The largest absolute Gasteiger partial charge is 0.438 e. The Hall–Kier alpha value is -3.62. The van der Waals surface area contributed by atoms with Gasteiger partial charge in [0.05, 0.1) is 16.4 Å². The first-order chi connectivity index (χ1) is 13.8. The molecule has 10 nitrogen and oxygen atoms in total. The summed E-state index contributed by atoms with van der Waals surface area (Å²) in [6, 6.07) is 5.74. The van der Waals surface area contributed by atoms with Crippen molar-refractivity contribution in [3.8, 4) is 11.8 Å². The third kappa shape index (κ3) is 2.86. The number of fused-ring (bicyclic) bond motifs is 3. The van der Waals surface area contributed by atoms with Crippen LogP contribution in [0.2, 0.25) is 5.02 Å². The van der Waals surface area contributed by atoms with E-state index in [1.807, 2.05) is 6.07 Å². The molecule has 0 saturated carbocycles. The Kier molecular flexibility index (Phi) is 4.37. The number of H-pyrrole nitrogens is 1. The zero-order chi connectivity index (χ0) is 20.9. The van der Waals surface area contributed by atoms with Crippen molar-refractivity contribution in [2.45, 2.75) is 5.92 Å². The van der Waals surface area contributed by atoms with Crippen molar-refractivity contribution in [3.05, 3.63) is 66.3 Å². The number of non-ortho nitro benzene ring substituents is 1. The number of pyridine rings is 1. The molecule has 0 bridgehead atoms. The predicted octanol–water partition coefficient (Wildman–Crippen LogP) is 2.81. The highest BCUT2D eigenvalue weighted by Crippen LogP contribution is 2.46. The van der Waals surface area contributed by atoms with Gasteiger partial charge in [-0.1, -0.05) is 22.9 Å². The molecule has 0 aliphatic carbocycles. The number of anilines is 1. The quantitative estimate of drug-likeness (QED) is 0.422. The number of aromatic amines is 1. The zero-order valence-electron chi connectivity index (χ0n) is 14.6. The second kappa shape index (κ2) is 6.77. The van der Waals surface area contributed by atoms with E-state index in [1.165, 1.54) is 29.5 Å². The molecule has 4 N–H and O–H groups in total. The number of nitrogens with one attached hydrogen (secondary N) is 2. The van der Waals surface area contributed by atoms with Crippen LogP contribution >= 0.6 is 22.9 Å². The summed E-state index contributed by atoms with van der Waals surface area (Å²) in [5.74, 6) is -1.10. The number of nitro benzene ring substituents is 1. The van der Waals surface area contributed by atoms with Gasteiger partial charge in [0.1, 0.15) is 16.3 Å². The van der Waals surface area contributed by atoms with Crippen LogP contribution in [0.1, 0.15) is 17.0 Å². The van der Waals surface area contributed by atoms with Crippen molar-refractivity contribution >= 4 is 44.1 Å². The van der Waals surface area contributed by atoms with Gasteiger partial charge in [-0.15, -0.1) is 0 Å². The topological polar surface area (TPSA) is 160 Å². The van der Waals surface area contributed by atoms with Crippen LogP contribution in [0, 0.1) is 21.4 Å². The Balaban J connectivity index is 2.08. The van der Waals surface area contributed by atoms with Crippen LogP contribution in [0.3, 0.4) is 0 Å². The summed E-state index contributed by atoms with van der Waals surface area (Å²) in [6.07, 6.45) is 0. The Morgan fingerprint density at radius 1 is 1.52 bits per heavy atom. The van der Waals surface area contributed by atoms with Gasteiger partial charge in [-0.2, -0.15) is 5.26 Å². The lowest BCUT2D eigenvalue weighted by Crippen LogP contribution is -2.27. The molecule has 4 rings (SSSR count). The highest BCUT2D eigenvalue weighted by Gasteiger charge is 2.37. The van der Waals surface area contributed by atoms with E-state index in [-0.39, 0.29) is 39.0 Å². The second-order valence-corrected chi connectivity index (χ2v) is 7.44. The molecule has 2 aromatic heterocycles. The molecule has 12 heteroatoms. The lowest BCUT2D eigenvalue weighted by molar-refractivity contribution is -0.384. The van der Waals surface area contributed by atoms with Crippen molar-refractivity contribution < 1.29 is 9.66 Å². The van der Waals surface area contributed by atoms with Crippen LogP contribution in [-0.2, 0) is 0 Å². The molecule has 1 aliphatic heterocycles. The first kappa shape index (κ1) is 18.7. The normalized spacial score (nSPS) is 15.6. The van der Waals surface area contributed by atoms with Crippen LogP contribution in [0.25, 0.3) is 10.3 Å². The fourth-order valence-corrected chi connectivity index (χ4v) is 4.27. The molecule has 1 atom stereocenters. The average molecular weight is 431 g/mol. The number of nitro groups is 1. The van der Waals surface area contributed by atoms with Crippen molar-refractivity contribution in [2.75, 3.05) is 12.4 Å². The molecular weight excluding hydrogens is 420 g/mol. The van der Waals surface area contributed by atoms with Crippen molar-refractivity contribution in [1.29, 1.82) is 5.26 Å². The Bertz CT molecular complexity index is 1320. The Morgan fingerprint density at radius 3 is 2.93 bits per heavy atom. The van der Waals surface area contributed by atoms with E-state index in [9.17, 15) is 20.2 Å². The van der Waals surface area contributed by atoms with Crippen LogP contribution in [0.5, 0.6) is 5.75 Å². The van der Waals surface area contributed by atoms with Gasteiger partial charge < -0.3 is 20.8 Å². The number of aromatic nitrogens is 2. The fraction of sp³-hybridized carbons (Fsp3) is 0.118. The summed E-state index contributed by atoms with van der Waals surface area (Å²) in [5.41, 5.74) is 5.69. The van der Waals surface area contributed by atoms with E-state index >= 15 is 0 Å². The lowest BCUT2D eigenvalue weighted by atomic mass is 9.84. The molecular formula is C17H11ClN6O4S. The highest BCUT2D eigenvalue weighted by molar-refractivity contribution is 7.22. The number of nitriles is 1. The lowest BCUT2D eigenvalue weighted by Gasteiger charge is -2.26. The number of hydrogen-bond donors (Lipinski definition) is 3. The van der Waals surface area contributed by atoms with Crippen LogP contribution in [0.4, 0.5) is 10.8 Å². The van der Waals surface area contributed by atoms with Crippen molar-refractivity contribution in [3.63, 3.8) is 0 Å². The number of nitrogens with zero attached hydrogens (tertiary/aromatic N) is 3. The van der Waals surface area contributed by atoms with E-state index in [4.69, 9.17) is 22.1 Å². The molecule has 3 heterocycles. The third-order valence-corrected chi connectivity index (χ3v) is 5.86. The summed E-state index contributed by atoms with van der Waals surface area (Å²) < 4.78 is 6.15. The average Bonchev–Trinajstić information content (AvgIpc) is 3.10. The second-order valence-electron chi connectivity index (χ2n) is 6.03. The SMILES string of the molecule is CNc1nc2[nH]c(=O)c3c(c2s1)OC(N)=C(C#N)C3c1cc([N+](=O)[O-])ccc1Cl. The van der Waals surface area contributed by atoms with Crippen molar-refractivity contribution in [2.24, 2.45) is 5.73 Å². The van der Waals surface area contributed by atoms with Gasteiger partial charge in [-0.25, -0.2) is 4.98 Å². The van der Waals surface area contributed by atoms with Crippen LogP contribution in [-0.4, -0.2) is 21.9 Å². The van der Waals surface area contributed by atoms with E-state index in [0.717, 1.165) is 0 Å². The summed E-state index contributed by atoms with van der Waals surface area (Å²) in [7, 11) is 1.68. The maximum absolute atomic E-state index is 12.9. The number of allylic oxidation sites excluding steroid dienone is 1. The number of hydrogen-bond acceptors (Lipinski definition) is 9. The first-order valence-electron chi connectivity index (χ1n) is 8.11. The molecule has 29 heavy (non-hydrogen) atoms. The molecule has 1 aromatic carbocycles. The van der Waals surface area contributed by atoms with Gasteiger partial charge in [0.25, 0.3) is 11.2 Å². The molecule has 0 radical (unpaired) electrons. The number of rotatable bonds is 3. The highest BCUT2D eigenvalue weighted by atomic mass is 35.5. The molecule has 0 saturated heterocycles. The molecule has 1 aliphatic rings. The number of thiazole rings is 1. The predicted molar refractivity (Wildman–Crippen MR) is 107 cm³/mol. The van der Waals surface area contributed by atoms with Gasteiger partial charge in [-0.3, -0.25) is 14.9 Å². The van der Waals surface area contributed by atoms with E-state index in [0.29, 0.717) is 15.5 Å². The molecule has 0 amide bonds. The van der Waals surface area contributed by atoms with Gasteiger partial charge in [0, 0.05) is 24.2 Å². The molecule has 0 spiro atoms. The van der Waals surface area contributed by atoms with E-state index < -0.39 is 16.4 Å². The fourth-order valence-electron chi connectivity index (χ4n) is 3.18. The summed E-state index contributed by atoms with van der Waals surface area (Å²) >= 11 is 7.52. The molecule has 146 valence electrons. The van der Waals surface area contributed by atoms with Gasteiger partial charge >= 0.3 is 0 Å². The Morgan fingerprint density at radius 2 is 2.28 bits per heavy atom. The van der Waals surface area contributed by atoms with Crippen LogP contribution < -0.4 is 21.3 Å². The number of halogens is 1. The first-order valence-corrected chi connectivity index (χ1v) is 9.31. The third-order valence-electron chi connectivity index (χ3n) is 4.45. The molecule has 0 fully saturated rings. The van der Waals surface area contributed by atoms with Gasteiger partial charge in [0.15, 0.2) is 16.5 Å².